The van der Waals surface area contributed by atoms with E-state index in [0.29, 0.717) is 19.4 Å². The van der Waals surface area contributed by atoms with Crippen molar-refractivity contribution in [3.05, 3.63) is 0 Å². The van der Waals surface area contributed by atoms with Crippen LogP contribution in [0.15, 0.2) is 0 Å². The van der Waals surface area contributed by atoms with Crippen molar-refractivity contribution in [2.24, 2.45) is 23.1 Å². The van der Waals surface area contributed by atoms with Crippen molar-refractivity contribution in [3.8, 4) is 0 Å². The van der Waals surface area contributed by atoms with Gasteiger partial charge in [-0.05, 0) is 45.1 Å². The summed E-state index contributed by atoms with van der Waals surface area (Å²) in [6.07, 6.45) is 1.08. The summed E-state index contributed by atoms with van der Waals surface area (Å²) in [5.74, 6) is -4.23. The van der Waals surface area contributed by atoms with Crippen molar-refractivity contribution < 1.29 is 29.1 Å². The van der Waals surface area contributed by atoms with E-state index in [9.17, 15) is 29.1 Å². The lowest BCUT2D eigenvalue weighted by atomic mass is 10.0. The van der Waals surface area contributed by atoms with E-state index in [4.69, 9.17) is 17.2 Å². The number of hydrogen-bond donors (Lipinski definition) is 7. The van der Waals surface area contributed by atoms with Crippen molar-refractivity contribution >= 4 is 29.6 Å². The number of primary amides is 1. The monoisotopic (exact) mass is 444 g/mol. The van der Waals surface area contributed by atoms with Gasteiger partial charge in [0.05, 0.1) is 6.04 Å². The highest BCUT2D eigenvalue weighted by Crippen LogP contribution is 2.07. The zero-order chi connectivity index (χ0) is 24.1. The molecule has 0 aliphatic rings. The predicted octanol–water partition coefficient (Wildman–Crippen LogP) is -2.08. The number of carbonyl (C=O) groups excluding carboxylic acids is 4. The molecule has 0 aliphatic carbocycles. The van der Waals surface area contributed by atoms with E-state index in [-0.39, 0.29) is 25.2 Å². The first-order valence-electron chi connectivity index (χ1n) is 10.3. The summed E-state index contributed by atoms with van der Waals surface area (Å²) in [5, 5.41) is 16.7. The Morgan fingerprint density at radius 1 is 0.839 bits per heavy atom. The number of carboxylic acids is 1. The molecule has 12 heteroatoms. The molecule has 10 N–H and O–H groups in total. The Kier molecular flexibility index (Phi) is 13.0. The third-order valence-electron chi connectivity index (χ3n) is 4.53. The number of carbonyl (C=O) groups is 5. The Bertz CT molecular complexity index is 639. The Morgan fingerprint density at radius 3 is 1.87 bits per heavy atom. The van der Waals surface area contributed by atoms with E-state index < -0.39 is 53.8 Å². The largest absolute Gasteiger partial charge is 0.480 e. The first-order valence-corrected chi connectivity index (χ1v) is 10.3. The Balaban J connectivity index is 5.31. The van der Waals surface area contributed by atoms with Crippen LogP contribution in [0.25, 0.3) is 0 Å². The molecular formula is C19H36N6O6. The Morgan fingerprint density at radius 2 is 1.42 bits per heavy atom. The van der Waals surface area contributed by atoms with Gasteiger partial charge in [0.25, 0.3) is 0 Å². The maximum absolute atomic E-state index is 12.7. The van der Waals surface area contributed by atoms with Crippen molar-refractivity contribution in [1.29, 1.82) is 0 Å². The fraction of sp³-hybridized carbons (Fsp3) is 0.737. The van der Waals surface area contributed by atoms with Gasteiger partial charge in [-0.1, -0.05) is 13.8 Å². The minimum atomic E-state index is -1.19. The van der Waals surface area contributed by atoms with Crippen LogP contribution in [0.4, 0.5) is 0 Å². The molecule has 4 unspecified atom stereocenters. The molecule has 0 rings (SSSR count). The van der Waals surface area contributed by atoms with Gasteiger partial charge in [0.1, 0.15) is 18.1 Å². The summed E-state index contributed by atoms with van der Waals surface area (Å²) in [5.41, 5.74) is 16.0. The van der Waals surface area contributed by atoms with Gasteiger partial charge in [0, 0.05) is 6.42 Å². The molecule has 12 nitrogen and oxygen atoms in total. The third-order valence-corrected chi connectivity index (χ3v) is 4.53. The van der Waals surface area contributed by atoms with Crippen LogP contribution >= 0.6 is 0 Å². The summed E-state index contributed by atoms with van der Waals surface area (Å²) in [7, 11) is 0. The molecule has 0 fully saturated rings. The molecule has 178 valence electrons. The van der Waals surface area contributed by atoms with Crippen molar-refractivity contribution in [2.45, 2.75) is 77.0 Å². The van der Waals surface area contributed by atoms with Gasteiger partial charge in [0.15, 0.2) is 0 Å². The van der Waals surface area contributed by atoms with E-state index in [1.165, 1.54) is 6.92 Å². The van der Waals surface area contributed by atoms with Crippen molar-refractivity contribution in [3.63, 3.8) is 0 Å². The molecule has 4 atom stereocenters. The van der Waals surface area contributed by atoms with Crippen LogP contribution in [0.1, 0.15) is 52.9 Å². The smallest absolute Gasteiger partial charge is 0.326 e. The number of unbranched alkanes of at least 4 members (excludes halogenated alkanes) is 1. The number of nitrogens with two attached hydrogens (primary N) is 3. The molecule has 0 bridgehead atoms. The van der Waals surface area contributed by atoms with E-state index >= 15 is 0 Å². The van der Waals surface area contributed by atoms with E-state index in [2.05, 4.69) is 16.0 Å². The molecule has 0 aliphatic heterocycles. The number of nitrogens with one attached hydrogen (secondary N) is 3. The molecule has 31 heavy (non-hydrogen) atoms. The lowest BCUT2D eigenvalue weighted by Gasteiger charge is -2.27. The van der Waals surface area contributed by atoms with Crippen LogP contribution in [-0.2, 0) is 24.0 Å². The second-order valence-corrected chi connectivity index (χ2v) is 7.77. The maximum Gasteiger partial charge on any atom is 0.326 e. The molecule has 0 saturated carbocycles. The minimum Gasteiger partial charge on any atom is -0.480 e. The number of rotatable bonds is 15. The quantitative estimate of drug-likeness (QED) is 0.139. The minimum absolute atomic E-state index is 0.0805. The van der Waals surface area contributed by atoms with E-state index in [1.807, 2.05) is 0 Å². The highest BCUT2D eigenvalue weighted by Gasteiger charge is 2.31. The molecule has 0 aromatic carbocycles. The summed E-state index contributed by atoms with van der Waals surface area (Å²) in [6.45, 7) is 5.19. The van der Waals surface area contributed by atoms with E-state index in [1.54, 1.807) is 13.8 Å². The van der Waals surface area contributed by atoms with Gasteiger partial charge in [-0.2, -0.15) is 0 Å². The van der Waals surface area contributed by atoms with Gasteiger partial charge in [0.2, 0.25) is 23.6 Å². The van der Waals surface area contributed by atoms with Gasteiger partial charge >= 0.3 is 5.97 Å². The van der Waals surface area contributed by atoms with Crippen LogP contribution in [0, 0.1) is 5.92 Å². The fourth-order valence-electron chi connectivity index (χ4n) is 2.66. The number of amides is 4. The molecule has 0 aromatic rings. The first kappa shape index (κ1) is 28.3. The standard InChI is InChI=1S/C19H36N6O6/c1-10(2)15(18(29)24-13(19(30)31)6-4-5-9-20)25-17(28)12(7-8-14(22)26)23-16(27)11(3)21/h10-13,15H,4-9,20-21H2,1-3H3,(H2,22,26)(H,23,27)(H,24,29)(H,25,28)(H,30,31). The zero-order valence-electron chi connectivity index (χ0n) is 18.3. The molecule has 0 saturated heterocycles. The topological polar surface area (TPSA) is 220 Å². The molecule has 0 spiro atoms. The summed E-state index contributed by atoms with van der Waals surface area (Å²) in [4.78, 5) is 59.9. The molecular weight excluding hydrogens is 408 g/mol. The molecule has 4 amide bonds. The highest BCUT2D eigenvalue weighted by atomic mass is 16.4. The first-order chi connectivity index (χ1) is 14.4. The SMILES string of the molecule is CC(N)C(=O)NC(CCC(N)=O)C(=O)NC(C(=O)NC(CCCCN)C(=O)O)C(C)C. The summed E-state index contributed by atoms with van der Waals surface area (Å²) >= 11 is 0. The van der Waals surface area contributed by atoms with Crippen LogP contribution in [0.2, 0.25) is 0 Å². The van der Waals surface area contributed by atoms with Crippen LogP contribution in [0.3, 0.4) is 0 Å². The van der Waals surface area contributed by atoms with Crippen molar-refractivity contribution in [2.75, 3.05) is 6.54 Å². The third kappa shape index (κ3) is 11.3. The van der Waals surface area contributed by atoms with Crippen LogP contribution < -0.4 is 33.2 Å². The maximum atomic E-state index is 12.7. The van der Waals surface area contributed by atoms with Gasteiger partial charge in [-0.3, -0.25) is 19.2 Å². The Hall–Kier alpha value is -2.73. The fourth-order valence-corrected chi connectivity index (χ4v) is 2.66. The van der Waals surface area contributed by atoms with Gasteiger partial charge in [-0.25, -0.2) is 4.79 Å². The summed E-state index contributed by atoms with van der Waals surface area (Å²) < 4.78 is 0. The second kappa shape index (κ2) is 14.3. The number of hydrogen-bond acceptors (Lipinski definition) is 7. The highest BCUT2D eigenvalue weighted by molar-refractivity contribution is 5.94. The molecule has 0 radical (unpaired) electrons. The lowest BCUT2D eigenvalue weighted by Crippen LogP contribution is -2.58. The van der Waals surface area contributed by atoms with Crippen molar-refractivity contribution in [1.82, 2.24) is 16.0 Å². The van der Waals surface area contributed by atoms with Crippen LogP contribution in [0.5, 0.6) is 0 Å². The van der Waals surface area contributed by atoms with E-state index in [0.717, 1.165) is 0 Å². The summed E-state index contributed by atoms with van der Waals surface area (Å²) in [6, 6.07) is -4.22. The number of aliphatic carboxylic acids is 1. The Labute approximate surface area is 182 Å². The molecule has 0 heterocycles. The number of carboxylic acid groups (broad SMARTS) is 1. The second-order valence-electron chi connectivity index (χ2n) is 7.77. The normalized spacial score (nSPS) is 14.8. The lowest BCUT2D eigenvalue weighted by molar-refractivity contribution is -0.142. The average molecular weight is 445 g/mol. The molecule has 0 aromatic heterocycles. The van der Waals surface area contributed by atoms with Crippen LogP contribution in [-0.4, -0.2) is 65.4 Å². The van der Waals surface area contributed by atoms with Gasteiger partial charge in [-0.15, -0.1) is 0 Å². The predicted molar refractivity (Wildman–Crippen MR) is 113 cm³/mol. The average Bonchev–Trinajstić information content (AvgIpc) is 2.67. The van der Waals surface area contributed by atoms with Gasteiger partial charge < -0.3 is 38.3 Å². The zero-order valence-corrected chi connectivity index (χ0v) is 18.3.